The van der Waals surface area contributed by atoms with Gasteiger partial charge in [0.2, 0.25) is 0 Å². The van der Waals surface area contributed by atoms with Gasteiger partial charge in [0, 0.05) is 12.6 Å². The van der Waals surface area contributed by atoms with Crippen molar-refractivity contribution in [3.63, 3.8) is 0 Å². The molecule has 0 radical (unpaired) electrons. The van der Waals surface area contributed by atoms with Crippen molar-refractivity contribution in [3.8, 4) is 16.9 Å². The molecule has 0 spiro atoms. The molecule has 1 N–H and O–H groups in total. The van der Waals surface area contributed by atoms with Crippen LogP contribution in [0.2, 0.25) is 0 Å². The number of rotatable bonds is 6. The molecule has 1 aliphatic rings. The summed E-state index contributed by atoms with van der Waals surface area (Å²) in [5.74, 6) is 0.934. The highest BCUT2D eigenvalue weighted by Gasteiger charge is 2.19. The van der Waals surface area contributed by atoms with E-state index in [2.05, 4.69) is 61.6 Å². The molecule has 110 valence electrons. The summed E-state index contributed by atoms with van der Waals surface area (Å²) in [6.07, 6.45) is 2.86. The van der Waals surface area contributed by atoms with E-state index in [9.17, 15) is 0 Å². The zero-order valence-corrected chi connectivity index (χ0v) is 12.8. The van der Waals surface area contributed by atoms with Crippen LogP contribution in [-0.2, 0) is 6.54 Å². The van der Waals surface area contributed by atoms with Crippen LogP contribution >= 0.6 is 0 Å². The van der Waals surface area contributed by atoms with Crippen LogP contribution in [0, 0.1) is 0 Å². The fourth-order valence-electron chi connectivity index (χ4n) is 2.43. The van der Waals surface area contributed by atoms with E-state index in [-0.39, 0.29) is 6.10 Å². The second kappa shape index (κ2) is 6.31. The van der Waals surface area contributed by atoms with E-state index >= 15 is 0 Å². The average molecular weight is 281 g/mol. The maximum absolute atomic E-state index is 5.78. The standard InChI is InChI=1S/C19H23NO/c1-14(2)21-19-8-4-7-17(12-19)16-6-3-5-15(11-16)13-20-18-9-10-18/h3-8,11-12,14,18,20H,9-10,13H2,1-2H3. The predicted molar refractivity (Wildman–Crippen MR) is 87.5 cm³/mol. The van der Waals surface area contributed by atoms with Crippen LogP contribution in [0.25, 0.3) is 11.1 Å². The summed E-state index contributed by atoms with van der Waals surface area (Å²) < 4.78 is 5.78. The molecule has 3 rings (SSSR count). The van der Waals surface area contributed by atoms with E-state index in [1.165, 1.54) is 29.5 Å². The Bertz CT molecular complexity index is 602. The molecule has 2 heteroatoms. The third-order valence-corrected chi connectivity index (χ3v) is 3.64. The zero-order valence-electron chi connectivity index (χ0n) is 12.8. The van der Waals surface area contributed by atoms with Crippen LogP contribution in [0.5, 0.6) is 5.75 Å². The Morgan fingerprint density at radius 1 is 1.05 bits per heavy atom. The van der Waals surface area contributed by atoms with Crippen molar-refractivity contribution in [1.29, 1.82) is 0 Å². The SMILES string of the molecule is CC(C)Oc1cccc(-c2cccc(CNC3CC3)c2)c1. The molecular formula is C19H23NO. The Kier molecular flexibility index (Phi) is 4.26. The molecule has 2 nitrogen and oxygen atoms in total. The molecule has 0 atom stereocenters. The van der Waals surface area contributed by atoms with Gasteiger partial charge in [-0.15, -0.1) is 0 Å². The van der Waals surface area contributed by atoms with E-state index in [0.29, 0.717) is 0 Å². The second-order valence-electron chi connectivity index (χ2n) is 6.05. The van der Waals surface area contributed by atoms with Gasteiger partial charge in [-0.3, -0.25) is 0 Å². The highest BCUT2D eigenvalue weighted by molar-refractivity contribution is 5.65. The summed E-state index contributed by atoms with van der Waals surface area (Å²) in [6, 6.07) is 17.8. The summed E-state index contributed by atoms with van der Waals surface area (Å²) in [5.41, 5.74) is 3.80. The molecular weight excluding hydrogens is 258 g/mol. The molecule has 2 aromatic carbocycles. The maximum atomic E-state index is 5.78. The van der Waals surface area contributed by atoms with Crippen molar-refractivity contribution < 1.29 is 4.74 Å². The normalized spacial score (nSPS) is 14.4. The average Bonchev–Trinajstić information content (AvgIpc) is 3.29. The molecule has 0 amide bonds. The highest BCUT2D eigenvalue weighted by Crippen LogP contribution is 2.26. The molecule has 0 unspecified atom stereocenters. The van der Waals surface area contributed by atoms with Crippen molar-refractivity contribution in [2.45, 2.75) is 45.4 Å². The molecule has 1 fully saturated rings. The number of ether oxygens (including phenoxy) is 1. The lowest BCUT2D eigenvalue weighted by Crippen LogP contribution is -2.15. The summed E-state index contributed by atoms with van der Waals surface area (Å²) in [4.78, 5) is 0. The maximum Gasteiger partial charge on any atom is 0.120 e. The van der Waals surface area contributed by atoms with Crippen molar-refractivity contribution in [2.24, 2.45) is 0 Å². The molecule has 0 aliphatic heterocycles. The summed E-state index contributed by atoms with van der Waals surface area (Å²) >= 11 is 0. The first-order valence-corrected chi connectivity index (χ1v) is 7.80. The lowest BCUT2D eigenvalue weighted by molar-refractivity contribution is 0.242. The largest absolute Gasteiger partial charge is 0.491 e. The molecule has 0 saturated heterocycles. The Labute approximate surface area is 127 Å². The fraction of sp³-hybridized carbons (Fsp3) is 0.368. The van der Waals surface area contributed by atoms with Gasteiger partial charge >= 0.3 is 0 Å². The molecule has 1 saturated carbocycles. The van der Waals surface area contributed by atoms with Crippen LogP contribution in [0.4, 0.5) is 0 Å². The van der Waals surface area contributed by atoms with E-state index in [1.807, 2.05) is 6.07 Å². The van der Waals surface area contributed by atoms with Crippen LogP contribution in [-0.4, -0.2) is 12.1 Å². The fourth-order valence-corrected chi connectivity index (χ4v) is 2.43. The molecule has 0 bridgehead atoms. The zero-order chi connectivity index (χ0) is 14.7. The smallest absolute Gasteiger partial charge is 0.120 e. The van der Waals surface area contributed by atoms with Gasteiger partial charge in [0.15, 0.2) is 0 Å². The van der Waals surface area contributed by atoms with Crippen LogP contribution in [0.3, 0.4) is 0 Å². The molecule has 0 heterocycles. The first kappa shape index (κ1) is 14.2. The minimum atomic E-state index is 0.203. The Balaban J connectivity index is 1.77. The van der Waals surface area contributed by atoms with E-state index in [4.69, 9.17) is 4.74 Å². The third kappa shape index (κ3) is 4.08. The van der Waals surface area contributed by atoms with Crippen LogP contribution in [0.15, 0.2) is 48.5 Å². The molecule has 0 aromatic heterocycles. The van der Waals surface area contributed by atoms with Crippen molar-refractivity contribution in [1.82, 2.24) is 5.32 Å². The molecule has 2 aromatic rings. The minimum Gasteiger partial charge on any atom is -0.491 e. The van der Waals surface area contributed by atoms with Crippen LogP contribution < -0.4 is 10.1 Å². The predicted octanol–water partition coefficient (Wildman–Crippen LogP) is 4.39. The molecule has 1 aliphatic carbocycles. The Morgan fingerprint density at radius 3 is 2.48 bits per heavy atom. The lowest BCUT2D eigenvalue weighted by atomic mass is 10.0. The van der Waals surface area contributed by atoms with Gasteiger partial charge in [-0.1, -0.05) is 30.3 Å². The monoisotopic (exact) mass is 281 g/mol. The lowest BCUT2D eigenvalue weighted by Gasteiger charge is -2.11. The number of nitrogens with one attached hydrogen (secondary N) is 1. The van der Waals surface area contributed by atoms with Gasteiger partial charge in [-0.05, 0) is 61.6 Å². The third-order valence-electron chi connectivity index (χ3n) is 3.64. The first-order chi connectivity index (χ1) is 10.2. The quantitative estimate of drug-likeness (QED) is 0.847. The summed E-state index contributed by atoms with van der Waals surface area (Å²) in [5, 5.41) is 3.56. The highest BCUT2D eigenvalue weighted by atomic mass is 16.5. The summed E-state index contributed by atoms with van der Waals surface area (Å²) in [6.45, 7) is 5.06. The Morgan fingerprint density at radius 2 is 1.76 bits per heavy atom. The number of hydrogen-bond donors (Lipinski definition) is 1. The number of benzene rings is 2. The second-order valence-corrected chi connectivity index (χ2v) is 6.05. The van der Waals surface area contributed by atoms with E-state index in [1.54, 1.807) is 0 Å². The van der Waals surface area contributed by atoms with E-state index < -0.39 is 0 Å². The van der Waals surface area contributed by atoms with E-state index in [0.717, 1.165) is 18.3 Å². The topological polar surface area (TPSA) is 21.3 Å². The van der Waals surface area contributed by atoms with Gasteiger partial charge in [-0.25, -0.2) is 0 Å². The number of hydrogen-bond acceptors (Lipinski definition) is 2. The minimum absolute atomic E-state index is 0.203. The van der Waals surface area contributed by atoms with Crippen molar-refractivity contribution in [2.75, 3.05) is 0 Å². The van der Waals surface area contributed by atoms with Gasteiger partial charge in [0.25, 0.3) is 0 Å². The molecule has 21 heavy (non-hydrogen) atoms. The van der Waals surface area contributed by atoms with Gasteiger partial charge in [0.1, 0.15) is 5.75 Å². The van der Waals surface area contributed by atoms with Crippen molar-refractivity contribution >= 4 is 0 Å². The Hall–Kier alpha value is -1.80. The van der Waals surface area contributed by atoms with Gasteiger partial charge < -0.3 is 10.1 Å². The summed E-state index contributed by atoms with van der Waals surface area (Å²) in [7, 11) is 0. The van der Waals surface area contributed by atoms with Gasteiger partial charge in [-0.2, -0.15) is 0 Å². The van der Waals surface area contributed by atoms with Crippen molar-refractivity contribution in [3.05, 3.63) is 54.1 Å². The van der Waals surface area contributed by atoms with Gasteiger partial charge in [0.05, 0.1) is 6.10 Å². The van der Waals surface area contributed by atoms with Crippen LogP contribution in [0.1, 0.15) is 32.3 Å². The first-order valence-electron chi connectivity index (χ1n) is 7.80.